The molecule has 5 nitrogen and oxygen atoms in total. The van der Waals surface area contributed by atoms with E-state index >= 15 is 0 Å². The van der Waals surface area contributed by atoms with E-state index in [1.54, 1.807) is 7.11 Å². The number of rotatable bonds is 3. The maximum Gasteiger partial charge on any atom is 0.273 e. The summed E-state index contributed by atoms with van der Waals surface area (Å²) in [5, 5.41) is 8.11. The molecule has 0 saturated heterocycles. The zero-order valence-corrected chi connectivity index (χ0v) is 17.0. The summed E-state index contributed by atoms with van der Waals surface area (Å²) in [6.07, 6.45) is 0. The van der Waals surface area contributed by atoms with Crippen molar-refractivity contribution >= 4 is 17.5 Å². The van der Waals surface area contributed by atoms with Crippen molar-refractivity contribution in [2.24, 2.45) is 0 Å². The molecule has 1 amide bonds. The summed E-state index contributed by atoms with van der Waals surface area (Å²) in [6.45, 7) is 6.13. The van der Waals surface area contributed by atoms with Crippen LogP contribution in [0, 0.1) is 0 Å². The smallest absolute Gasteiger partial charge is 0.273 e. The van der Waals surface area contributed by atoms with Gasteiger partial charge >= 0.3 is 0 Å². The number of methoxy groups -OCH3 is 1. The number of halogens is 1. The molecule has 28 heavy (non-hydrogen) atoms. The van der Waals surface area contributed by atoms with Crippen molar-refractivity contribution in [2.75, 3.05) is 7.11 Å². The normalized spacial score (nSPS) is 16.4. The van der Waals surface area contributed by atoms with E-state index in [1.165, 1.54) is 0 Å². The molecular formula is C22H22ClN3O2. The van der Waals surface area contributed by atoms with Gasteiger partial charge in [0.1, 0.15) is 11.4 Å². The number of fused-ring (bicyclic) bond motifs is 1. The van der Waals surface area contributed by atoms with Crippen LogP contribution in [0.25, 0.3) is 11.3 Å². The zero-order chi connectivity index (χ0) is 20.1. The number of hydrogen-bond donors (Lipinski definition) is 1. The van der Waals surface area contributed by atoms with Crippen molar-refractivity contribution in [2.45, 2.75) is 32.4 Å². The topological polar surface area (TPSA) is 58.2 Å². The Kier molecular flexibility index (Phi) is 4.42. The van der Waals surface area contributed by atoms with Gasteiger partial charge in [0.2, 0.25) is 0 Å². The predicted octanol–water partition coefficient (Wildman–Crippen LogP) is 5.08. The Morgan fingerprint density at radius 3 is 2.29 bits per heavy atom. The molecule has 1 aliphatic rings. The fourth-order valence-electron chi connectivity index (χ4n) is 3.77. The molecule has 0 spiro atoms. The fraction of sp³-hybridized carbons (Fsp3) is 0.273. The minimum atomic E-state index is -0.362. The Labute approximate surface area is 169 Å². The van der Waals surface area contributed by atoms with E-state index in [9.17, 15) is 4.79 Å². The first-order valence-corrected chi connectivity index (χ1v) is 9.51. The molecule has 2 heterocycles. The number of aromatic amines is 1. The first-order chi connectivity index (χ1) is 13.3. The molecule has 0 aliphatic carbocycles. The summed E-state index contributed by atoms with van der Waals surface area (Å²) in [7, 11) is 1.64. The SMILES string of the molecule is COc1ccc(C2c3c(-c4ccc(Cl)cc4)n[nH]c3C(=O)N2C(C)(C)C)cc1. The molecule has 2 aromatic carbocycles. The highest BCUT2D eigenvalue weighted by Gasteiger charge is 2.46. The Hall–Kier alpha value is -2.79. The minimum Gasteiger partial charge on any atom is -0.497 e. The number of carbonyl (C=O) groups excluding carboxylic acids is 1. The van der Waals surface area contributed by atoms with Crippen LogP contribution in [0.3, 0.4) is 0 Å². The summed E-state index contributed by atoms with van der Waals surface area (Å²) in [6, 6.07) is 15.1. The van der Waals surface area contributed by atoms with Gasteiger partial charge in [-0.15, -0.1) is 0 Å². The number of hydrogen-bond acceptors (Lipinski definition) is 3. The van der Waals surface area contributed by atoms with E-state index in [2.05, 4.69) is 10.2 Å². The molecular weight excluding hydrogens is 374 g/mol. The van der Waals surface area contributed by atoms with Crippen molar-refractivity contribution in [1.82, 2.24) is 15.1 Å². The van der Waals surface area contributed by atoms with E-state index in [0.717, 1.165) is 28.1 Å². The molecule has 0 radical (unpaired) electrons. The average molecular weight is 396 g/mol. The third kappa shape index (κ3) is 2.96. The van der Waals surface area contributed by atoms with Crippen LogP contribution in [0.5, 0.6) is 5.75 Å². The summed E-state index contributed by atoms with van der Waals surface area (Å²) < 4.78 is 5.29. The molecule has 0 saturated carbocycles. The number of nitrogens with one attached hydrogen (secondary N) is 1. The van der Waals surface area contributed by atoms with E-state index in [-0.39, 0.29) is 17.5 Å². The molecule has 0 fully saturated rings. The van der Waals surface area contributed by atoms with E-state index < -0.39 is 0 Å². The zero-order valence-electron chi connectivity index (χ0n) is 16.3. The van der Waals surface area contributed by atoms with Crippen molar-refractivity contribution in [3.8, 4) is 17.0 Å². The number of amides is 1. The largest absolute Gasteiger partial charge is 0.497 e. The Balaban J connectivity index is 1.90. The second kappa shape index (κ2) is 6.67. The predicted molar refractivity (Wildman–Crippen MR) is 110 cm³/mol. The number of aromatic nitrogens is 2. The van der Waals surface area contributed by atoms with Crippen LogP contribution >= 0.6 is 11.6 Å². The molecule has 1 unspecified atom stereocenters. The van der Waals surface area contributed by atoms with Gasteiger partial charge in [0.25, 0.3) is 5.91 Å². The molecule has 1 aliphatic heterocycles. The molecule has 1 atom stereocenters. The highest BCUT2D eigenvalue weighted by atomic mass is 35.5. The Morgan fingerprint density at radius 2 is 1.71 bits per heavy atom. The molecule has 1 aromatic heterocycles. The van der Waals surface area contributed by atoms with Crippen LogP contribution in [-0.2, 0) is 0 Å². The number of benzene rings is 2. The van der Waals surface area contributed by atoms with Gasteiger partial charge in [-0.3, -0.25) is 9.89 Å². The molecule has 144 valence electrons. The van der Waals surface area contributed by atoms with Gasteiger partial charge in [-0.1, -0.05) is 35.9 Å². The van der Waals surface area contributed by atoms with E-state index in [1.807, 2.05) is 74.2 Å². The van der Waals surface area contributed by atoms with Gasteiger partial charge in [-0.05, 0) is 50.6 Å². The van der Waals surface area contributed by atoms with Gasteiger partial charge in [-0.25, -0.2) is 0 Å². The fourth-order valence-corrected chi connectivity index (χ4v) is 3.89. The van der Waals surface area contributed by atoms with Gasteiger partial charge < -0.3 is 9.64 Å². The van der Waals surface area contributed by atoms with Gasteiger partial charge in [0.15, 0.2) is 0 Å². The molecule has 1 N–H and O–H groups in total. The maximum atomic E-state index is 13.3. The second-order valence-electron chi connectivity index (χ2n) is 7.89. The van der Waals surface area contributed by atoms with Gasteiger partial charge in [-0.2, -0.15) is 5.10 Å². The highest BCUT2D eigenvalue weighted by molar-refractivity contribution is 6.30. The van der Waals surface area contributed by atoms with Crippen LogP contribution < -0.4 is 4.74 Å². The molecule has 3 aromatic rings. The van der Waals surface area contributed by atoms with Crippen LogP contribution in [-0.4, -0.2) is 33.7 Å². The van der Waals surface area contributed by atoms with Crippen molar-refractivity contribution < 1.29 is 9.53 Å². The molecule has 4 rings (SSSR count). The molecule has 6 heteroatoms. The summed E-state index contributed by atoms with van der Waals surface area (Å²) >= 11 is 6.05. The van der Waals surface area contributed by atoms with Crippen molar-refractivity contribution in [3.63, 3.8) is 0 Å². The lowest BCUT2D eigenvalue weighted by molar-refractivity contribution is 0.0546. The maximum absolute atomic E-state index is 13.3. The van der Waals surface area contributed by atoms with E-state index in [4.69, 9.17) is 16.3 Å². The van der Waals surface area contributed by atoms with E-state index in [0.29, 0.717) is 10.7 Å². The monoisotopic (exact) mass is 395 g/mol. The lowest BCUT2D eigenvalue weighted by Crippen LogP contribution is -2.44. The Morgan fingerprint density at radius 1 is 1.07 bits per heavy atom. The number of ether oxygens (including phenoxy) is 1. The van der Waals surface area contributed by atoms with Gasteiger partial charge in [0, 0.05) is 21.7 Å². The summed E-state index contributed by atoms with van der Waals surface area (Å²) in [4.78, 5) is 15.2. The average Bonchev–Trinajstić information content (AvgIpc) is 3.21. The summed E-state index contributed by atoms with van der Waals surface area (Å²) in [5.74, 6) is 0.733. The number of carbonyl (C=O) groups is 1. The van der Waals surface area contributed by atoms with Crippen LogP contribution in [0.1, 0.15) is 48.4 Å². The molecule has 0 bridgehead atoms. The lowest BCUT2D eigenvalue weighted by Gasteiger charge is -2.37. The third-order valence-corrected chi connectivity index (χ3v) is 5.29. The van der Waals surface area contributed by atoms with Crippen LogP contribution in [0.2, 0.25) is 5.02 Å². The minimum absolute atomic E-state index is 0.0453. The number of H-pyrrole nitrogens is 1. The lowest BCUT2D eigenvalue weighted by atomic mass is 9.93. The highest BCUT2D eigenvalue weighted by Crippen LogP contribution is 2.46. The van der Waals surface area contributed by atoms with Crippen molar-refractivity contribution in [3.05, 3.63) is 70.4 Å². The first kappa shape index (κ1) is 18.6. The van der Waals surface area contributed by atoms with Crippen molar-refractivity contribution in [1.29, 1.82) is 0 Å². The Bertz CT molecular complexity index is 1020. The number of nitrogens with zero attached hydrogens (tertiary/aromatic N) is 2. The first-order valence-electron chi connectivity index (χ1n) is 9.13. The quantitative estimate of drug-likeness (QED) is 0.672. The van der Waals surface area contributed by atoms with Gasteiger partial charge in [0.05, 0.1) is 18.8 Å². The second-order valence-corrected chi connectivity index (χ2v) is 8.33. The van der Waals surface area contributed by atoms with Crippen LogP contribution in [0.15, 0.2) is 48.5 Å². The third-order valence-electron chi connectivity index (χ3n) is 5.04. The van der Waals surface area contributed by atoms with Crippen LogP contribution in [0.4, 0.5) is 0 Å². The summed E-state index contributed by atoms with van der Waals surface area (Å²) in [5.41, 5.74) is 3.78. The standard InChI is InChI=1S/C22H22ClN3O2/c1-22(2,3)26-20(14-7-11-16(28-4)12-8-14)17-18(24-25-19(17)21(26)27)13-5-9-15(23)10-6-13/h5-12,20H,1-4H3,(H,24,25).